The smallest absolute Gasteiger partial charge is 0.237 e. The van der Waals surface area contributed by atoms with Crippen molar-refractivity contribution in [2.24, 2.45) is 11.5 Å². The fourth-order valence-electron chi connectivity index (χ4n) is 3.01. The molecule has 0 saturated heterocycles. The first-order valence-corrected chi connectivity index (χ1v) is 7.34. The lowest BCUT2D eigenvalue weighted by atomic mass is 9.78. The van der Waals surface area contributed by atoms with Crippen molar-refractivity contribution in [2.75, 3.05) is 13.6 Å². The van der Waals surface area contributed by atoms with Crippen molar-refractivity contribution in [3.63, 3.8) is 0 Å². The molecule has 1 aliphatic rings. The van der Waals surface area contributed by atoms with Gasteiger partial charge in [-0.25, -0.2) is 0 Å². The molecule has 4 nitrogen and oxygen atoms in total. The number of nitrogens with zero attached hydrogens (tertiary/aromatic N) is 1. The molecule has 0 aliphatic heterocycles. The van der Waals surface area contributed by atoms with E-state index in [1.54, 1.807) is 0 Å². The Bertz CT molecular complexity index is 448. The average Bonchev–Trinajstić information content (AvgIpc) is 2.46. The van der Waals surface area contributed by atoms with E-state index in [0.717, 1.165) is 25.8 Å². The highest BCUT2D eigenvalue weighted by Crippen LogP contribution is 2.28. The zero-order valence-corrected chi connectivity index (χ0v) is 12.2. The molecule has 1 fully saturated rings. The molecule has 2 atom stereocenters. The lowest BCUT2D eigenvalue weighted by Gasteiger charge is -2.39. The van der Waals surface area contributed by atoms with Gasteiger partial charge in [0.2, 0.25) is 5.91 Å². The first-order chi connectivity index (χ1) is 9.51. The molecular weight excluding hydrogens is 250 g/mol. The van der Waals surface area contributed by atoms with Crippen molar-refractivity contribution in [3.05, 3.63) is 35.9 Å². The Balaban J connectivity index is 1.89. The van der Waals surface area contributed by atoms with E-state index in [-0.39, 0.29) is 5.91 Å². The molecular formula is C16H25N3O. The van der Waals surface area contributed by atoms with E-state index in [0.29, 0.717) is 18.9 Å². The van der Waals surface area contributed by atoms with Crippen molar-refractivity contribution in [1.82, 2.24) is 4.90 Å². The van der Waals surface area contributed by atoms with Crippen molar-refractivity contribution in [1.29, 1.82) is 0 Å². The van der Waals surface area contributed by atoms with E-state index in [1.807, 2.05) is 6.07 Å². The molecule has 0 aromatic heterocycles. The number of amides is 1. The first-order valence-electron chi connectivity index (χ1n) is 7.34. The molecule has 1 aliphatic carbocycles. The molecule has 20 heavy (non-hydrogen) atoms. The number of hydrogen-bond acceptors (Lipinski definition) is 3. The molecule has 1 saturated carbocycles. The summed E-state index contributed by atoms with van der Waals surface area (Å²) in [6.07, 6.45) is 4.47. The van der Waals surface area contributed by atoms with Crippen LogP contribution in [0.5, 0.6) is 0 Å². The molecule has 0 radical (unpaired) electrons. The first kappa shape index (κ1) is 15.0. The summed E-state index contributed by atoms with van der Waals surface area (Å²) in [6.45, 7) is 0.976. The number of carbonyl (C=O) groups excluding carboxylic acids is 1. The standard InChI is InChI=1S/C16H25N3O/c1-19(11-9-13-6-3-2-4-7-13)14-8-5-10-16(18,12-14)15(17)20/h2-4,6-7,14H,5,8-12,18H2,1H3,(H2,17,20). The third-order valence-corrected chi connectivity index (χ3v) is 4.47. The summed E-state index contributed by atoms with van der Waals surface area (Å²) in [5, 5.41) is 0. The van der Waals surface area contributed by atoms with Gasteiger partial charge in [-0.2, -0.15) is 0 Å². The van der Waals surface area contributed by atoms with E-state index in [9.17, 15) is 4.79 Å². The Hall–Kier alpha value is -1.39. The summed E-state index contributed by atoms with van der Waals surface area (Å²) in [4.78, 5) is 13.8. The molecule has 4 N–H and O–H groups in total. The number of carbonyl (C=O) groups is 1. The van der Waals surface area contributed by atoms with Crippen molar-refractivity contribution in [3.8, 4) is 0 Å². The number of rotatable bonds is 5. The monoisotopic (exact) mass is 275 g/mol. The molecule has 0 spiro atoms. The van der Waals surface area contributed by atoms with Crippen LogP contribution >= 0.6 is 0 Å². The number of nitrogens with two attached hydrogens (primary N) is 2. The molecule has 0 bridgehead atoms. The lowest BCUT2D eigenvalue weighted by molar-refractivity contribution is -0.125. The molecule has 0 heterocycles. The third-order valence-electron chi connectivity index (χ3n) is 4.47. The van der Waals surface area contributed by atoms with E-state index < -0.39 is 5.54 Å². The van der Waals surface area contributed by atoms with Crippen LogP contribution in [0.3, 0.4) is 0 Å². The quantitative estimate of drug-likeness (QED) is 0.850. The number of likely N-dealkylation sites (N-methyl/N-ethyl adjacent to an activating group) is 1. The SMILES string of the molecule is CN(CCc1ccccc1)C1CCCC(N)(C(N)=O)C1. The molecule has 4 heteroatoms. The highest BCUT2D eigenvalue weighted by Gasteiger charge is 2.38. The second kappa shape index (κ2) is 6.37. The largest absolute Gasteiger partial charge is 0.368 e. The summed E-state index contributed by atoms with van der Waals surface area (Å²) in [6, 6.07) is 10.8. The minimum Gasteiger partial charge on any atom is -0.368 e. The summed E-state index contributed by atoms with van der Waals surface area (Å²) in [7, 11) is 2.11. The summed E-state index contributed by atoms with van der Waals surface area (Å²) < 4.78 is 0. The van der Waals surface area contributed by atoms with Gasteiger partial charge in [0.25, 0.3) is 0 Å². The highest BCUT2D eigenvalue weighted by atomic mass is 16.1. The molecule has 110 valence electrons. The van der Waals surface area contributed by atoms with Gasteiger partial charge in [-0.15, -0.1) is 0 Å². The van der Waals surface area contributed by atoms with Gasteiger partial charge in [0, 0.05) is 12.6 Å². The van der Waals surface area contributed by atoms with Crippen LogP contribution in [0.15, 0.2) is 30.3 Å². The molecule has 1 amide bonds. The number of hydrogen-bond donors (Lipinski definition) is 2. The predicted octanol–water partition coefficient (Wildman–Crippen LogP) is 1.29. The van der Waals surface area contributed by atoms with Crippen molar-refractivity contribution < 1.29 is 4.79 Å². The zero-order chi connectivity index (χ0) is 14.6. The maximum Gasteiger partial charge on any atom is 0.237 e. The Labute approximate surface area is 121 Å². The highest BCUT2D eigenvalue weighted by molar-refractivity contribution is 5.84. The van der Waals surface area contributed by atoms with Crippen LogP contribution in [0.4, 0.5) is 0 Å². The van der Waals surface area contributed by atoms with Gasteiger partial charge >= 0.3 is 0 Å². The number of benzene rings is 1. The molecule has 1 aromatic carbocycles. The molecule has 2 unspecified atom stereocenters. The van der Waals surface area contributed by atoms with Gasteiger partial charge in [0.05, 0.1) is 5.54 Å². The maximum absolute atomic E-state index is 11.5. The second-order valence-corrected chi connectivity index (χ2v) is 5.99. The van der Waals surface area contributed by atoms with Crippen LogP contribution in [0, 0.1) is 0 Å². The lowest BCUT2D eigenvalue weighted by Crippen LogP contribution is -2.58. The van der Waals surface area contributed by atoms with Crippen LogP contribution in [-0.4, -0.2) is 36.0 Å². The van der Waals surface area contributed by atoms with E-state index >= 15 is 0 Å². The summed E-state index contributed by atoms with van der Waals surface area (Å²) in [5.74, 6) is -0.362. The molecule has 2 rings (SSSR count). The minimum absolute atomic E-state index is 0.352. The average molecular weight is 275 g/mol. The third kappa shape index (κ3) is 3.58. The minimum atomic E-state index is -0.816. The Kier molecular flexibility index (Phi) is 4.78. The topological polar surface area (TPSA) is 72.3 Å². The zero-order valence-electron chi connectivity index (χ0n) is 12.2. The Morgan fingerprint density at radius 2 is 2.10 bits per heavy atom. The summed E-state index contributed by atoms with van der Waals surface area (Å²) in [5.41, 5.74) is 12.1. The van der Waals surface area contributed by atoms with Gasteiger partial charge in [0.15, 0.2) is 0 Å². The van der Waals surface area contributed by atoms with Crippen LogP contribution in [0.25, 0.3) is 0 Å². The number of primary amides is 1. The van der Waals surface area contributed by atoms with Crippen molar-refractivity contribution in [2.45, 2.75) is 43.7 Å². The van der Waals surface area contributed by atoms with Crippen LogP contribution < -0.4 is 11.5 Å². The van der Waals surface area contributed by atoms with Crippen LogP contribution in [0.1, 0.15) is 31.2 Å². The van der Waals surface area contributed by atoms with Gasteiger partial charge in [-0.05, 0) is 44.7 Å². The van der Waals surface area contributed by atoms with E-state index in [2.05, 4.69) is 36.2 Å². The Morgan fingerprint density at radius 1 is 1.40 bits per heavy atom. The van der Waals surface area contributed by atoms with Crippen molar-refractivity contribution >= 4 is 5.91 Å². The maximum atomic E-state index is 11.5. The second-order valence-electron chi connectivity index (χ2n) is 5.99. The van der Waals surface area contributed by atoms with Gasteiger partial charge < -0.3 is 16.4 Å². The normalized spacial score (nSPS) is 26.6. The predicted molar refractivity (Wildman–Crippen MR) is 81.1 cm³/mol. The summed E-state index contributed by atoms with van der Waals surface area (Å²) >= 11 is 0. The van der Waals surface area contributed by atoms with Gasteiger partial charge in [-0.3, -0.25) is 4.79 Å². The van der Waals surface area contributed by atoms with Crippen LogP contribution in [-0.2, 0) is 11.2 Å². The van der Waals surface area contributed by atoms with Gasteiger partial charge in [0.1, 0.15) is 0 Å². The van der Waals surface area contributed by atoms with Gasteiger partial charge in [-0.1, -0.05) is 30.3 Å². The Morgan fingerprint density at radius 3 is 2.75 bits per heavy atom. The van der Waals surface area contributed by atoms with E-state index in [1.165, 1.54) is 5.56 Å². The fraction of sp³-hybridized carbons (Fsp3) is 0.562. The molecule has 1 aromatic rings. The van der Waals surface area contributed by atoms with Crippen LogP contribution in [0.2, 0.25) is 0 Å². The fourth-order valence-corrected chi connectivity index (χ4v) is 3.01. The van der Waals surface area contributed by atoms with E-state index in [4.69, 9.17) is 11.5 Å².